The summed E-state index contributed by atoms with van der Waals surface area (Å²) in [6.07, 6.45) is 0. The Hall–Kier alpha value is -6.26. The molecule has 9 aromatic rings. The number of hydrogen-bond donors (Lipinski definition) is 0. The summed E-state index contributed by atoms with van der Waals surface area (Å²) in [5.41, 5.74) is 1.53. The highest BCUT2D eigenvalue weighted by molar-refractivity contribution is 6.11. The Morgan fingerprint density at radius 2 is 1.15 bits per heavy atom. The maximum atomic E-state index is 9.51. The van der Waals surface area contributed by atoms with Crippen LogP contribution in [-0.4, -0.2) is 9.97 Å². The first-order valence-electron chi connectivity index (χ1n) is 20.9. The lowest BCUT2D eigenvalue weighted by atomic mass is 10.0. The number of hydrogen-bond acceptors (Lipinski definition) is 4. The molecule has 0 spiro atoms. The van der Waals surface area contributed by atoms with E-state index in [-0.39, 0.29) is 60.8 Å². The van der Waals surface area contributed by atoms with Crippen molar-refractivity contribution in [3.63, 3.8) is 0 Å². The standard InChI is InChI=1S/C42H27N3O/c1-3-11-28(12-4-1)29-19-22-34(23-20-29)45(33-15-5-2-6-16-33)42-43-38-18-10-9-17-36(38)41(44-42)32-21-24-35-37-25-30-13-7-8-14-31(30)26-40(37)46-39(35)27-32/h1-27H/i7D,8D,9D,10D,13D,14D,17D,18D,21D,24D,25D,26D,27D. The average molecular weight is 603 g/mol. The molecule has 0 atom stereocenters. The van der Waals surface area contributed by atoms with Crippen molar-refractivity contribution >= 4 is 60.9 Å². The molecule has 216 valence electrons. The summed E-state index contributed by atoms with van der Waals surface area (Å²) in [4.78, 5) is 11.2. The predicted molar refractivity (Wildman–Crippen MR) is 190 cm³/mol. The van der Waals surface area contributed by atoms with Gasteiger partial charge in [0, 0.05) is 33.1 Å². The van der Waals surface area contributed by atoms with E-state index in [9.17, 15) is 4.11 Å². The van der Waals surface area contributed by atoms with Crippen molar-refractivity contribution < 1.29 is 22.2 Å². The van der Waals surface area contributed by atoms with Crippen LogP contribution >= 0.6 is 0 Å². The molecule has 2 heterocycles. The second kappa shape index (κ2) is 10.7. The van der Waals surface area contributed by atoms with E-state index in [1.165, 1.54) is 0 Å². The highest BCUT2D eigenvalue weighted by Crippen LogP contribution is 2.39. The molecule has 0 fully saturated rings. The molecule has 9 rings (SSSR count). The number of furan rings is 1. The van der Waals surface area contributed by atoms with Crippen LogP contribution in [0.25, 0.3) is 66.0 Å². The Bertz CT molecular complexity index is 3250. The maximum Gasteiger partial charge on any atom is 0.235 e. The molecule has 0 saturated carbocycles. The quantitative estimate of drug-likeness (QED) is 0.196. The number of anilines is 3. The summed E-state index contributed by atoms with van der Waals surface area (Å²) < 4.78 is 121. The van der Waals surface area contributed by atoms with E-state index in [1.807, 2.05) is 60.7 Å². The molecule has 2 aromatic heterocycles. The Kier molecular flexibility index (Phi) is 3.77. The van der Waals surface area contributed by atoms with E-state index in [1.54, 1.807) is 29.2 Å². The third-order valence-electron chi connectivity index (χ3n) is 7.65. The van der Waals surface area contributed by atoms with Gasteiger partial charge in [-0.15, -0.1) is 0 Å². The van der Waals surface area contributed by atoms with Crippen molar-refractivity contribution in [2.75, 3.05) is 4.90 Å². The molecule has 7 aromatic carbocycles. The number of rotatable bonds is 5. The summed E-state index contributed by atoms with van der Waals surface area (Å²) in [6.45, 7) is 0. The molecule has 0 bridgehead atoms. The van der Waals surface area contributed by atoms with Gasteiger partial charge in [-0.1, -0.05) is 109 Å². The van der Waals surface area contributed by atoms with Gasteiger partial charge < -0.3 is 4.42 Å². The molecule has 0 aliphatic heterocycles. The van der Waals surface area contributed by atoms with Crippen molar-refractivity contribution in [3.8, 4) is 22.4 Å². The monoisotopic (exact) mass is 602 g/mol. The van der Waals surface area contributed by atoms with Gasteiger partial charge in [0.1, 0.15) is 11.2 Å². The Morgan fingerprint density at radius 3 is 1.96 bits per heavy atom. The van der Waals surface area contributed by atoms with Crippen LogP contribution < -0.4 is 4.90 Å². The molecule has 46 heavy (non-hydrogen) atoms. The fourth-order valence-corrected chi connectivity index (χ4v) is 5.49. The normalized spacial score (nSPS) is 15.4. The molecular formula is C42H27N3O. The predicted octanol–water partition coefficient (Wildman–Crippen LogP) is 11.5. The Labute approximate surface area is 284 Å². The molecule has 0 aliphatic carbocycles. The van der Waals surface area contributed by atoms with Crippen LogP contribution in [0.15, 0.2) is 168 Å². The van der Waals surface area contributed by atoms with Gasteiger partial charge in [-0.25, -0.2) is 9.97 Å². The number of fused-ring (bicyclic) bond motifs is 5. The first-order chi connectivity index (χ1) is 28.2. The van der Waals surface area contributed by atoms with Gasteiger partial charge in [0.15, 0.2) is 0 Å². The largest absolute Gasteiger partial charge is 0.456 e. The number of benzene rings is 7. The SMILES string of the molecule is [2H]c1c([2H])c([2H])c2c(-c3c([2H])c([2H])c4c(oc5c([2H])c6c([2H])c([2H])c([2H])c([2H])c6c([2H])c54)c3[2H])nc(N(c3ccccc3)c3ccc(-c4ccccc4)cc3)nc2c1[2H]. The Balaban J connectivity index is 1.38. The molecule has 0 radical (unpaired) electrons. The molecule has 4 heteroatoms. The van der Waals surface area contributed by atoms with Crippen molar-refractivity contribution in [1.29, 1.82) is 0 Å². The number of nitrogens with zero attached hydrogens (tertiary/aromatic N) is 3. The van der Waals surface area contributed by atoms with Crippen LogP contribution in [0.2, 0.25) is 0 Å². The topological polar surface area (TPSA) is 42.2 Å². The summed E-state index contributed by atoms with van der Waals surface area (Å²) in [5.74, 6) is -0.0808. The molecule has 0 amide bonds. The van der Waals surface area contributed by atoms with Crippen LogP contribution in [0.3, 0.4) is 0 Å². The zero-order valence-corrected chi connectivity index (χ0v) is 23.8. The van der Waals surface area contributed by atoms with Crippen molar-refractivity contribution in [1.82, 2.24) is 9.97 Å². The molecule has 0 saturated heterocycles. The molecule has 0 unspecified atom stereocenters. The third kappa shape index (κ3) is 4.47. The number of aromatic nitrogens is 2. The van der Waals surface area contributed by atoms with E-state index in [4.69, 9.17) is 28.1 Å². The summed E-state index contributed by atoms with van der Waals surface area (Å²) in [7, 11) is 0. The second-order valence-electron chi connectivity index (χ2n) is 10.4. The highest BCUT2D eigenvalue weighted by atomic mass is 16.3. The van der Waals surface area contributed by atoms with Gasteiger partial charge in [-0.2, -0.15) is 0 Å². The Morgan fingerprint density at radius 1 is 0.500 bits per heavy atom. The third-order valence-corrected chi connectivity index (χ3v) is 7.65. The van der Waals surface area contributed by atoms with Gasteiger partial charge >= 0.3 is 0 Å². The van der Waals surface area contributed by atoms with Gasteiger partial charge in [-0.05, 0) is 76.4 Å². The van der Waals surface area contributed by atoms with Crippen molar-refractivity contribution in [3.05, 3.63) is 163 Å². The average Bonchev–Trinajstić information content (AvgIpc) is 3.67. The summed E-state index contributed by atoms with van der Waals surface area (Å²) in [6, 6.07) is 19.0. The van der Waals surface area contributed by atoms with E-state index >= 15 is 0 Å². The molecular weight excluding hydrogens is 562 g/mol. The fraction of sp³-hybridized carbons (Fsp3) is 0. The first-order valence-corrected chi connectivity index (χ1v) is 14.4. The van der Waals surface area contributed by atoms with Crippen molar-refractivity contribution in [2.45, 2.75) is 0 Å². The zero-order chi connectivity index (χ0) is 41.8. The lowest BCUT2D eigenvalue weighted by molar-refractivity contribution is 0.669. The fourth-order valence-electron chi connectivity index (χ4n) is 5.49. The van der Waals surface area contributed by atoms with E-state index < -0.39 is 78.6 Å². The van der Waals surface area contributed by atoms with Crippen LogP contribution in [0, 0.1) is 0 Å². The first kappa shape index (κ1) is 16.2. The lowest BCUT2D eigenvalue weighted by Gasteiger charge is -2.24. The summed E-state index contributed by atoms with van der Waals surface area (Å²) in [5, 5.41) is -1.18. The van der Waals surface area contributed by atoms with Gasteiger partial charge in [-0.3, -0.25) is 4.90 Å². The maximum absolute atomic E-state index is 9.51. The minimum absolute atomic E-state index is 0.0808. The second-order valence-corrected chi connectivity index (χ2v) is 10.4. The minimum Gasteiger partial charge on any atom is -0.456 e. The van der Waals surface area contributed by atoms with E-state index in [2.05, 4.69) is 0 Å². The van der Waals surface area contributed by atoms with Crippen molar-refractivity contribution in [2.24, 2.45) is 0 Å². The van der Waals surface area contributed by atoms with E-state index in [0.717, 1.165) is 11.1 Å². The van der Waals surface area contributed by atoms with Crippen LogP contribution in [0.1, 0.15) is 17.8 Å². The van der Waals surface area contributed by atoms with E-state index in [0.29, 0.717) is 11.4 Å². The number of para-hydroxylation sites is 2. The zero-order valence-electron chi connectivity index (χ0n) is 36.8. The molecule has 0 aliphatic rings. The van der Waals surface area contributed by atoms with Crippen LogP contribution in [-0.2, 0) is 0 Å². The van der Waals surface area contributed by atoms with Gasteiger partial charge in [0.2, 0.25) is 5.95 Å². The lowest BCUT2D eigenvalue weighted by Crippen LogP contribution is -2.14. The van der Waals surface area contributed by atoms with Gasteiger partial charge in [0.05, 0.1) is 29.0 Å². The minimum atomic E-state index is -0.619. The smallest absolute Gasteiger partial charge is 0.235 e. The molecule has 4 nitrogen and oxygen atoms in total. The van der Waals surface area contributed by atoms with Crippen LogP contribution in [0.5, 0.6) is 0 Å². The summed E-state index contributed by atoms with van der Waals surface area (Å²) >= 11 is 0. The highest BCUT2D eigenvalue weighted by Gasteiger charge is 2.20. The van der Waals surface area contributed by atoms with Gasteiger partial charge in [0.25, 0.3) is 0 Å². The van der Waals surface area contributed by atoms with Crippen LogP contribution in [0.4, 0.5) is 17.3 Å². The molecule has 0 N–H and O–H groups in total.